The molecule has 0 fully saturated rings. The summed E-state index contributed by atoms with van der Waals surface area (Å²) in [4.78, 5) is 15.7. The predicted molar refractivity (Wildman–Crippen MR) is 285 cm³/mol. The Kier molecular flexibility index (Phi) is 8.79. The molecule has 0 aliphatic rings. The highest BCUT2D eigenvalue weighted by Gasteiger charge is 2.29. The zero-order chi connectivity index (χ0) is 45.4. The summed E-state index contributed by atoms with van der Waals surface area (Å²) in [6.07, 6.45) is 0. The van der Waals surface area contributed by atoms with Crippen molar-refractivity contribution in [3.8, 4) is 62.4 Å². The Bertz CT molecular complexity index is 4210. The lowest BCUT2D eigenvalue weighted by atomic mass is 10.0. The molecule has 6 heteroatoms. The monoisotopic (exact) mass is 880 g/mol. The fraction of sp³-hybridized carbons (Fsp3) is 0. The van der Waals surface area contributed by atoms with Crippen molar-refractivity contribution in [3.05, 3.63) is 243 Å². The van der Waals surface area contributed by atoms with E-state index in [0.29, 0.717) is 17.5 Å². The normalized spacial score (nSPS) is 11.8. The zero-order valence-corrected chi connectivity index (χ0v) is 37.3. The number of nitrogens with zero attached hydrogens (tertiary/aromatic N) is 6. The molecule has 14 rings (SSSR count). The number of hydrogen-bond donors (Lipinski definition) is 0. The van der Waals surface area contributed by atoms with Crippen LogP contribution in [0.3, 0.4) is 0 Å². The molecular weight excluding hydrogens is 841 g/mol. The van der Waals surface area contributed by atoms with E-state index < -0.39 is 0 Å². The van der Waals surface area contributed by atoms with Crippen LogP contribution in [0.25, 0.3) is 128 Å². The third-order valence-corrected chi connectivity index (χ3v) is 13.6. The van der Waals surface area contributed by atoms with E-state index in [1.165, 1.54) is 27.1 Å². The summed E-state index contributed by atoms with van der Waals surface area (Å²) in [5, 5.41) is 7.03. The van der Waals surface area contributed by atoms with Crippen molar-refractivity contribution < 1.29 is 0 Å². The maximum atomic E-state index is 5.31. The van der Waals surface area contributed by atoms with E-state index in [0.717, 1.165) is 83.2 Å². The number of hydrogen-bond acceptors (Lipinski definition) is 3. The van der Waals surface area contributed by atoms with E-state index in [2.05, 4.69) is 232 Å². The van der Waals surface area contributed by atoms with Crippen LogP contribution < -0.4 is 0 Å². The van der Waals surface area contributed by atoms with Crippen LogP contribution in [0.4, 0.5) is 0 Å². The molecule has 0 saturated heterocycles. The summed E-state index contributed by atoms with van der Waals surface area (Å²) in [6, 6.07) is 86.2. The van der Waals surface area contributed by atoms with E-state index in [4.69, 9.17) is 15.0 Å². The zero-order valence-electron chi connectivity index (χ0n) is 37.3. The third kappa shape index (κ3) is 6.09. The molecule has 4 heterocycles. The number of fused-ring (bicyclic) bond motifs is 12. The summed E-state index contributed by atoms with van der Waals surface area (Å²) in [5.41, 5.74) is 15.2. The van der Waals surface area contributed by atoms with Crippen molar-refractivity contribution in [2.45, 2.75) is 0 Å². The van der Waals surface area contributed by atoms with Gasteiger partial charge in [0.2, 0.25) is 0 Å². The van der Waals surface area contributed by atoms with Crippen molar-refractivity contribution >= 4 is 65.4 Å². The first-order valence-corrected chi connectivity index (χ1v) is 23.4. The molecule has 4 aromatic heterocycles. The van der Waals surface area contributed by atoms with E-state index in [1.807, 2.05) is 24.3 Å². The topological polar surface area (TPSA) is 53.5 Å². The van der Waals surface area contributed by atoms with Crippen LogP contribution in [-0.4, -0.2) is 28.7 Å². The molecule has 0 aliphatic heterocycles. The van der Waals surface area contributed by atoms with Crippen LogP contribution in [0.15, 0.2) is 243 Å². The minimum Gasteiger partial charge on any atom is -0.308 e. The second-order valence-electron chi connectivity index (χ2n) is 17.6. The summed E-state index contributed by atoms with van der Waals surface area (Å²) in [7, 11) is 0. The van der Waals surface area contributed by atoms with Crippen LogP contribution in [0.5, 0.6) is 0 Å². The summed E-state index contributed by atoms with van der Waals surface area (Å²) in [6.45, 7) is 0. The first-order valence-electron chi connectivity index (χ1n) is 23.4. The number of aromatic nitrogens is 6. The van der Waals surface area contributed by atoms with Crippen LogP contribution in [0, 0.1) is 0 Å². The largest absolute Gasteiger partial charge is 0.308 e. The Morgan fingerprint density at radius 3 is 1.00 bits per heavy atom. The molecule has 69 heavy (non-hydrogen) atoms. The molecule has 0 radical (unpaired) electrons. The van der Waals surface area contributed by atoms with Gasteiger partial charge in [0.25, 0.3) is 0 Å². The Morgan fingerprint density at radius 1 is 0.232 bits per heavy atom. The highest BCUT2D eigenvalue weighted by Crippen LogP contribution is 2.50. The molecule has 6 nitrogen and oxygen atoms in total. The second kappa shape index (κ2) is 15.6. The molecule has 0 unspecified atom stereocenters. The molecule has 14 aromatic rings. The lowest BCUT2D eigenvalue weighted by Gasteiger charge is -2.13. The SMILES string of the molecule is c1ccc(-c2ccc(-c3nc(-c4ccccc4)nc(-c4ccc5c(c4)c4c6c(c7ccccc7n6-c6ccccc6)c6c(c7ccccc7n6-c6ccccc6)c4n5-c4ccccc4)n3)cc2)cc1. The molecule has 10 aromatic carbocycles. The molecule has 0 atom stereocenters. The first-order chi connectivity index (χ1) is 34.3. The summed E-state index contributed by atoms with van der Waals surface area (Å²) < 4.78 is 7.44. The maximum Gasteiger partial charge on any atom is 0.164 e. The molecule has 0 N–H and O–H groups in total. The minimum absolute atomic E-state index is 0.607. The van der Waals surface area contributed by atoms with Gasteiger partial charge in [0.05, 0.1) is 33.1 Å². The lowest BCUT2D eigenvalue weighted by Crippen LogP contribution is -2.00. The standard InChI is InChI=1S/C63H40N6/c1-6-20-41(21-7-1)42-34-36-44(37-35-42)62-64-61(43-22-8-2-9-23-43)65-63(66-62)45-38-39-54-51(40-45)57-59-55(50-31-17-19-33-53(50)68(59)47-26-12-4-13-27-47)58-56(60(57)69(54)48-28-14-5-15-29-48)49-30-16-18-32-52(49)67(58)46-24-10-3-11-25-46/h1-40H. The van der Waals surface area contributed by atoms with Crippen molar-refractivity contribution in [1.82, 2.24) is 28.7 Å². The fourth-order valence-electron chi connectivity index (χ4n) is 10.7. The average molecular weight is 881 g/mol. The van der Waals surface area contributed by atoms with Crippen molar-refractivity contribution in [3.63, 3.8) is 0 Å². The van der Waals surface area contributed by atoms with Gasteiger partial charge >= 0.3 is 0 Å². The highest BCUT2D eigenvalue weighted by molar-refractivity contribution is 6.40. The van der Waals surface area contributed by atoms with Gasteiger partial charge in [-0.3, -0.25) is 0 Å². The van der Waals surface area contributed by atoms with E-state index in [1.54, 1.807) is 0 Å². The van der Waals surface area contributed by atoms with Gasteiger partial charge in [-0.2, -0.15) is 0 Å². The van der Waals surface area contributed by atoms with Gasteiger partial charge in [-0.15, -0.1) is 0 Å². The molecule has 0 amide bonds. The second-order valence-corrected chi connectivity index (χ2v) is 17.6. The number of rotatable bonds is 7. The Labute approximate surface area is 397 Å². The molecule has 0 spiro atoms. The summed E-state index contributed by atoms with van der Waals surface area (Å²) >= 11 is 0. The smallest absolute Gasteiger partial charge is 0.164 e. The number of para-hydroxylation sites is 5. The van der Waals surface area contributed by atoms with Gasteiger partial charge in [0.15, 0.2) is 17.5 Å². The van der Waals surface area contributed by atoms with Crippen molar-refractivity contribution in [1.29, 1.82) is 0 Å². The quantitative estimate of drug-likeness (QED) is 0.160. The molecule has 0 aliphatic carbocycles. The van der Waals surface area contributed by atoms with Gasteiger partial charge in [0.1, 0.15) is 0 Å². The minimum atomic E-state index is 0.607. The summed E-state index contributed by atoms with van der Waals surface area (Å²) in [5.74, 6) is 1.85. The maximum absolute atomic E-state index is 5.31. The van der Waals surface area contributed by atoms with E-state index in [-0.39, 0.29) is 0 Å². The van der Waals surface area contributed by atoms with Crippen molar-refractivity contribution in [2.24, 2.45) is 0 Å². The molecule has 0 saturated carbocycles. The van der Waals surface area contributed by atoms with Gasteiger partial charge in [-0.1, -0.05) is 176 Å². The lowest BCUT2D eigenvalue weighted by molar-refractivity contribution is 1.07. The molecular formula is C63H40N6. The molecule has 0 bridgehead atoms. The van der Waals surface area contributed by atoms with Crippen LogP contribution >= 0.6 is 0 Å². The predicted octanol–water partition coefficient (Wildman–Crippen LogP) is 15.8. The van der Waals surface area contributed by atoms with Crippen molar-refractivity contribution in [2.75, 3.05) is 0 Å². The third-order valence-electron chi connectivity index (χ3n) is 13.6. The van der Waals surface area contributed by atoms with E-state index >= 15 is 0 Å². The Balaban J connectivity index is 1.14. The molecule has 322 valence electrons. The van der Waals surface area contributed by atoms with E-state index in [9.17, 15) is 0 Å². The fourth-order valence-corrected chi connectivity index (χ4v) is 10.7. The van der Waals surface area contributed by atoms with Crippen LogP contribution in [-0.2, 0) is 0 Å². The Hall–Kier alpha value is -9.39. The highest BCUT2D eigenvalue weighted by atomic mass is 15.1. The van der Waals surface area contributed by atoms with Crippen LogP contribution in [0.2, 0.25) is 0 Å². The van der Waals surface area contributed by atoms with Gasteiger partial charge in [-0.05, 0) is 77.9 Å². The average Bonchev–Trinajstić information content (AvgIpc) is 4.08. The van der Waals surface area contributed by atoms with Gasteiger partial charge < -0.3 is 13.7 Å². The Morgan fingerprint density at radius 2 is 0.536 bits per heavy atom. The van der Waals surface area contributed by atoms with Crippen LogP contribution in [0.1, 0.15) is 0 Å². The van der Waals surface area contributed by atoms with Gasteiger partial charge in [-0.25, -0.2) is 15.0 Å². The van der Waals surface area contributed by atoms with Gasteiger partial charge in [0, 0.05) is 66.1 Å². The number of benzene rings is 10. The first kappa shape index (κ1) is 38.8.